The molecule has 0 atom stereocenters. The van der Waals surface area contributed by atoms with Crippen LogP contribution >= 0.6 is 0 Å². The van der Waals surface area contributed by atoms with Crippen LogP contribution in [-0.4, -0.2) is 22.8 Å². The Hall–Kier alpha value is -3.21. The third-order valence-corrected chi connectivity index (χ3v) is 3.74. The van der Waals surface area contributed by atoms with Crippen molar-refractivity contribution in [2.75, 3.05) is 12.4 Å². The summed E-state index contributed by atoms with van der Waals surface area (Å²) in [5.41, 5.74) is 2.38. The standard InChI is InChI=1S/C20H18FN3O/c1-24(14-15-7-3-2-4-8-15)20(25)19-12-11-16(13-22-19)23-18-10-6-5-9-17(18)21/h2-13,23H,14H2,1H3. The van der Waals surface area contributed by atoms with E-state index >= 15 is 0 Å². The lowest BCUT2D eigenvalue weighted by Crippen LogP contribution is -2.26. The number of nitrogens with zero attached hydrogens (tertiary/aromatic N) is 2. The van der Waals surface area contributed by atoms with Gasteiger partial charge >= 0.3 is 0 Å². The molecule has 126 valence electrons. The van der Waals surface area contributed by atoms with Crippen molar-refractivity contribution >= 4 is 17.3 Å². The topological polar surface area (TPSA) is 45.2 Å². The molecule has 0 saturated heterocycles. The number of rotatable bonds is 5. The minimum absolute atomic E-state index is 0.165. The van der Waals surface area contributed by atoms with Gasteiger partial charge in [0.2, 0.25) is 0 Å². The lowest BCUT2D eigenvalue weighted by atomic mass is 10.2. The monoisotopic (exact) mass is 335 g/mol. The smallest absolute Gasteiger partial charge is 0.272 e. The van der Waals surface area contributed by atoms with Crippen LogP contribution in [-0.2, 0) is 6.54 Å². The van der Waals surface area contributed by atoms with Crippen molar-refractivity contribution in [1.82, 2.24) is 9.88 Å². The van der Waals surface area contributed by atoms with Crippen molar-refractivity contribution < 1.29 is 9.18 Å². The maximum atomic E-state index is 13.7. The second-order valence-electron chi connectivity index (χ2n) is 5.68. The molecule has 0 bridgehead atoms. The van der Waals surface area contributed by atoms with Gasteiger partial charge in [0, 0.05) is 13.6 Å². The number of pyridine rings is 1. The average molecular weight is 335 g/mol. The van der Waals surface area contributed by atoms with E-state index < -0.39 is 0 Å². The number of hydrogen-bond donors (Lipinski definition) is 1. The molecule has 0 radical (unpaired) electrons. The number of nitrogens with one attached hydrogen (secondary N) is 1. The molecular formula is C20H18FN3O. The van der Waals surface area contributed by atoms with Crippen LogP contribution in [0.15, 0.2) is 72.9 Å². The molecule has 1 heterocycles. The lowest BCUT2D eigenvalue weighted by Gasteiger charge is -2.17. The summed E-state index contributed by atoms with van der Waals surface area (Å²) in [6, 6.07) is 19.5. The van der Waals surface area contributed by atoms with Gasteiger partial charge in [-0.15, -0.1) is 0 Å². The molecule has 0 aliphatic heterocycles. The Morgan fingerprint density at radius 2 is 1.76 bits per heavy atom. The van der Waals surface area contributed by atoms with E-state index in [0.29, 0.717) is 23.6 Å². The van der Waals surface area contributed by atoms with Crippen LogP contribution < -0.4 is 5.32 Å². The van der Waals surface area contributed by atoms with Crippen LogP contribution in [0.4, 0.5) is 15.8 Å². The second-order valence-corrected chi connectivity index (χ2v) is 5.68. The molecule has 4 nitrogen and oxygen atoms in total. The van der Waals surface area contributed by atoms with E-state index in [1.807, 2.05) is 30.3 Å². The third kappa shape index (κ3) is 4.20. The van der Waals surface area contributed by atoms with Gasteiger partial charge in [0.05, 0.1) is 17.6 Å². The van der Waals surface area contributed by atoms with Crippen molar-refractivity contribution in [2.24, 2.45) is 0 Å². The van der Waals surface area contributed by atoms with E-state index in [1.54, 1.807) is 42.3 Å². The third-order valence-electron chi connectivity index (χ3n) is 3.74. The Bertz CT molecular complexity index is 850. The Morgan fingerprint density at radius 3 is 2.44 bits per heavy atom. The predicted molar refractivity (Wildman–Crippen MR) is 96.2 cm³/mol. The van der Waals surface area contributed by atoms with Crippen LogP contribution in [0.5, 0.6) is 0 Å². The number of halogens is 1. The van der Waals surface area contributed by atoms with Gasteiger partial charge in [0.1, 0.15) is 11.5 Å². The van der Waals surface area contributed by atoms with Crippen molar-refractivity contribution in [3.05, 3.63) is 90.0 Å². The first kappa shape index (κ1) is 16.6. The summed E-state index contributed by atoms with van der Waals surface area (Å²) >= 11 is 0. The number of amides is 1. The van der Waals surface area contributed by atoms with E-state index in [2.05, 4.69) is 10.3 Å². The normalized spacial score (nSPS) is 10.3. The molecule has 0 unspecified atom stereocenters. The van der Waals surface area contributed by atoms with Crippen molar-refractivity contribution in [3.8, 4) is 0 Å². The maximum Gasteiger partial charge on any atom is 0.272 e. The molecular weight excluding hydrogens is 317 g/mol. The average Bonchev–Trinajstić information content (AvgIpc) is 2.64. The Labute approximate surface area is 145 Å². The minimum Gasteiger partial charge on any atom is -0.352 e. The summed E-state index contributed by atoms with van der Waals surface area (Å²) in [4.78, 5) is 18.3. The molecule has 0 aliphatic rings. The first-order valence-electron chi connectivity index (χ1n) is 7.90. The summed E-state index contributed by atoms with van der Waals surface area (Å²) in [6.45, 7) is 0.510. The summed E-state index contributed by atoms with van der Waals surface area (Å²) in [6.07, 6.45) is 1.52. The van der Waals surface area contributed by atoms with Crippen LogP contribution in [0.1, 0.15) is 16.1 Å². The Morgan fingerprint density at radius 1 is 1.04 bits per heavy atom. The summed E-state index contributed by atoms with van der Waals surface area (Å²) in [5.74, 6) is -0.508. The molecule has 1 amide bonds. The fourth-order valence-electron chi connectivity index (χ4n) is 2.44. The SMILES string of the molecule is CN(Cc1ccccc1)C(=O)c1ccc(Nc2ccccc2F)cn1. The van der Waals surface area contributed by atoms with Gasteiger partial charge in [-0.2, -0.15) is 0 Å². The quantitative estimate of drug-likeness (QED) is 0.759. The van der Waals surface area contributed by atoms with Crippen molar-refractivity contribution in [2.45, 2.75) is 6.54 Å². The molecule has 1 aromatic heterocycles. The Kier molecular flexibility index (Phi) is 5.04. The van der Waals surface area contributed by atoms with E-state index in [0.717, 1.165) is 5.56 Å². The molecule has 0 fully saturated rings. The fraction of sp³-hybridized carbons (Fsp3) is 0.100. The zero-order valence-corrected chi connectivity index (χ0v) is 13.8. The van der Waals surface area contributed by atoms with Crippen LogP contribution in [0.25, 0.3) is 0 Å². The van der Waals surface area contributed by atoms with E-state index in [4.69, 9.17) is 0 Å². The molecule has 2 aromatic carbocycles. The molecule has 0 saturated carbocycles. The number of benzene rings is 2. The highest BCUT2D eigenvalue weighted by Crippen LogP contribution is 2.19. The first-order valence-corrected chi connectivity index (χ1v) is 7.90. The van der Waals surface area contributed by atoms with Gasteiger partial charge in [-0.1, -0.05) is 42.5 Å². The van der Waals surface area contributed by atoms with Crippen molar-refractivity contribution in [3.63, 3.8) is 0 Å². The number of carbonyl (C=O) groups excluding carboxylic acids is 1. The molecule has 3 rings (SSSR count). The maximum absolute atomic E-state index is 13.7. The molecule has 1 N–H and O–H groups in total. The van der Waals surface area contributed by atoms with Crippen LogP contribution in [0.2, 0.25) is 0 Å². The number of anilines is 2. The Balaban J connectivity index is 1.67. The fourth-order valence-corrected chi connectivity index (χ4v) is 2.44. The van der Waals surface area contributed by atoms with Gasteiger partial charge < -0.3 is 10.2 Å². The summed E-state index contributed by atoms with van der Waals surface area (Å²) < 4.78 is 13.7. The highest BCUT2D eigenvalue weighted by molar-refractivity contribution is 5.92. The molecule has 5 heteroatoms. The lowest BCUT2D eigenvalue weighted by molar-refractivity contribution is 0.0779. The molecule has 0 aliphatic carbocycles. The van der Waals surface area contributed by atoms with E-state index in [1.165, 1.54) is 12.3 Å². The first-order chi connectivity index (χ1) is 12.1. The zero-order valence-electron chi connectivity index (χ0n) is 13.8. The van der Waals surface area contributed by atoms with Crippen LogP contribution in [0, 0.1) is 5.82 Å². The van der Waals surface area contributed by atoms with Crippen molar-refractivity contribution in [1.29, 1.82) is 0 Å². The number of aromatic nitrogens is 1. The van der Waals surface area contributed by atoms with Gasteiger partial charge in [-0.3, -0.25) is 4.79 Å². The van der Waals surface area contributed by atoms with Gasteiger partial charge in [-0.25, -0.2) is 9.37 Å². The zero-order chi connectivity index (χ0) is 17.6. The summed E-state index contributed by atoms with van der Waals surface area (Å²) in [7, 11) is 1.74. The number of carbonyl (C=O) groups is 1. The minimum atomic E-state index is -0.342. The highest BCUT2D eigenvalue weighted by atomic mass is 19.1. The second kappa shape index (κ2) is 7.57. The van der Waals surface area contributed by atoms with Gasteiger partial charge in [0.15, 0.2) is 0 Å². The highest BCUT2D eigenvalue weighted by Gasteiger charge is 2.13. The van der Waals surface area contributed by atoms with Crippen LogP contribution in [0.3, 0.4) is 0 Å². The van der Waals surface area contributed by atoms with E-state index in [-0.39, 0.29) is 11.7 Å². The predicted octanol–water partition coefficient (Wildman–Crippen LogP) is 4.24. The largest absolute Gasteiger partial charge is 0.352 e. The summed E-state index contributed by atoms with van der Waals surface area (Å²) in [5, 5.41) is 2.94. The molecule has 3 aromatic rings. The molecule has 25 heavy (non-hydrogen) atoms. The molecule has 0 spiro atoms. The van der Waals surface area contributed by atoms with E-state index in [9.17, 15) is 9.18 Å². The van der Waals surface area contributed by atoms with Gasteiger partial charge in [-0.05, 0) is 29.8 Å². The number of para-hydroxylation sites is 1. The van der Waals surface area contributed by atoms with Gasteiger partial charge in [0.25, 0.3) is 5.91 Å². The number of hydrogen-bond acceptors (Lipinski definition) is 3.